The Morgan fingerprint density at radius 1 is 1.27 bits per heavy atom. The van der Waals surface area contributed by atoms with E-state index < -0.39 is 17.6 Å². The number of carbonyl (C=O) groups excluding carboxylic acids is 2. The first kappa shape index (κ1) is 24.8. The van der Waals surface area contributed by atoms with Crippen LogP contribution in [-0.4, -0.2) is 30.0 Å². The summed E-state index contributed by atoms with van der Waals surface area (Å²) >= 11 is 12.0. The van der Waals surface area contributed by atoms with Crippen molar-refractivity contribution < 1.29 is 14.3 Å². The summed E-state index contributed by atoms with van der Waals surface area (Å²) in [5.74, 6) is 0.647. The first-order valence-electron chi connectivity index (χ1n) is 10.7. The van der Waals surface area contributed by atoms with Gasteiger partial charge >= 0.3 is 6.09 Å². The number of nitrogens with one attached hydrogen (secondary N) is 1. The van der Waals surface area contributed by atoms with Crippen molar-refractivity contribution in [2.45, 2.75) is 83.3 Å². The average Bonchev–Trinajstić information content (AvgIpc) is 2.66. The van der Waals surface area contributed by atoms with Crippen LogP contribution in [-0.2, 0) is 14.9 Å². The highest BCUT2D eigenvalue weighted by molar-refractivity contribution is 6.30. The second kappa shape index (κ2) is 10.7. The first-order valence-corrected chi connectivity index (χ1v) is 11.6. The fraction of sp³-hybridized carbons (Fsp3) is 0.652. The van der Waals surface area contributed by atoms with Crippen LogP contribution in [0.1, 0.15) is 71.3 Å². The molecule has 168 valence electrons. The van der Waals surface area contributed by atoms with Crippen LogP contribution in [0.5, 0.6) is 0 Å². The molecule has 0 aromatic heterocycles. The van der Waals surface area contributed by atoms with E-state index in [-0.39, 0.29) is 17.4 Å². The van der Waals surface area contributed by atoms with Crippen molar-refractivity contribution in [2.75, 3.05) is 5.88 Å². The number of benzene rings is 1. The summed E-state index contributed by atoms with van der Waals surface area (Å²) in [7, 11) is 0. The van der Waals surface area contributed by atoms with Gasteiger partial charge in [0.2, 0.25) is 5.91 Å². The molecule has 30 heavy (non-hydrogen) atoms. The van der Waals surface area contributed by atoms with E-state index in [4.69, 9.17) is 33.7 Å². The molecule has 1 aromatic carbocycles. The van der Waals surface area contributed by atoms with Gasteiger partial charge in [-0.1, -0.05) is 44.5 Å². The lowest BCUT2D eigenvalue weighted by Gasteiger charge is -2.49. The van der Waals surface area contributed by atoms with E-state index in [1.807, 2.05) is 24.3 Å². The minimum absolute atomic E-state index is 0.0705. The molecule has 0 heterocycles. The van der Waals surface area contributed by atoms with Crippen LogP contribution in [0.3, 0.4) is 0 Å². The van der Waals surface area contributed by atoms with E-state index in [1.165, 1.54) is 0 Å². The lowest BCUT2D eigenvalue weighted by molar-refractivity contribution is -0.122. The highest BCUT2D eigenvalue weighted by Crippen LogP contribution is 2.49. The molecule has 0 aliphatic heterocycles. The molecule has 5 nitrogen and oxygen atoms in total. The molecular weight excluding hydrogens is 423 g/mol. The molecule has 0 bridgehead atoms. The molecule has 0 spiro atoms. The summed E-state index contributed by atoms with van der Waals surface area (Å²) < 4.78 is 5.73. The lowest BCUT2D eigenvalue weighted by atomic mass is 9.59. The van der Waals surface area contributed by atoms with Gasteiger partial charge in [0.1, 0.15) is 6.10 Å². The molecule has 1 aliphatic carbocycles. The monoisotopic (exact) mass is 456 g/mol. The number of alkyl halides is 1. The molecule has 0 saturated heterocycles. The fourth-order valence-electron chi connectivity index (χ4n) is 4.69. The van der Waals surface area contributed by atoms with Crippen LogP contribution < -0.4 is 11.1 Å². The predicted molar refractivity (Wildman–Crippen MR) is 122 cm³/mol. The van der Waals surface area contributed by atoms with Gasteiger partial charge in [-0.15, -0.1) is 11.6 Å². The maximum Gasteiger partial charge on any atom is 0.404 e. The third-order valence-corrected chi connectivity index (χ3v) is 6.45. The summed E-state index contributed by atoms with van der Waals surface area (Å²) in [5.41, 5.74) is 5.76. The van der Waals surface area contributed by atoms with Crippen LogP contribution in [0.25, 0.3) is 0 Å². The van der Waals surface area contributed by atoms with Crippen molar-refractivity contribution in [3.05, 3.63) is 34.9 Å². The molecule has 1 fully saturated rings. The standard InChI is InChI=1S/C23H34Cl2N2O3/c1-22(2,3)20(30-21(26)29)23(16-7-6-8-17(25)15-16)12-10-18(11-13-23)27-19(28)9-4-5-14-24/h6-8,15,18,20H,4-5,9-14H2,1-3H3,(H2,26,29)(H,27,28)/t18-,20?,23+. The minimum Gasteiger partial charge on any atom is -0.445 e. The topological polar surface area (TPSA) is 81.4 Å². The molecule has 1 atom stereocenters. The number of halogens is 2. The van der Waals surface area contributed by atoms with Crippen molar-refractivity contribution in [1.29, 1.82) is 0 Å². The van der Waals surface area contributed by atoms with E-state index >= 15 is 0 Å². The van der Waals surface area contributed by atoms with Crippen molar-refractivity contribution in [3.63, 3.8) is 0 Å². The zero-order chi connectivity index (χ0) is 22.4. The molecule has 1 aromatic rings. The predicted octanol–water partition coefficient (Wildman–Crippen LogP) is 5.56. The number of ether oxygens (including phenoxy) is 1. The number of amides is 2. The second-order valence-corrected chi connectivity index (χ2v) is 10.2. The molecule has 2 amide bonds. The van der Waals surface area contributed by atoms with Crippen LogP contribution in [0.4, 0.5) is 4.79 Å². The van der Waals surface area contributed by atoms with Gasteiger partial charge in [-0.2, -0.15) is 0 Å². The largest absolute Gasteiger partial charge is 0.445 e. The Balaban J connectivity index is 2.25. The maximum absolute atomic E-state index is 12.2. The molecule has 1 saturated carbocycles. The van der Waals surface area contributed by atoms with Gasteiger partial charge in [0.15, 0.2) is 0 Å². The van der Waals surface area contributed by atoms with Crippen molar-refractivity contribution in [2.24, 2.45) is 11.1 Å². The van der Waals surface area contributed by atoms with Gasteiger partial charge in [-0.3, -0.25) is 4.79 Å². The maximum atomic E-state index is 12.2. The summed E-state index contributed by atoms with van der Waals surface area (Å²) in [6.45, 7) is 6.16. The Hall–Kier alpha value is -1.46. The number of nitrogens with two attached hydrogens (primary N) is 1. The van der Waals surface area contributed by atoms with E-state index in [0.717, 1.165) is 44.1 Å². The first-order chi connectivity index (χ1) is 14.1. The fourth-order valence-corrected chi connectivity index (χ4v) is 5.07. The summed E-state index contributed by atoms with van der Waals surface area (Å²) in [6.07, 6.45) is 4.06. The highest BCUT2D eigenvalue weighted by Gasteiger charge is 2.50. The van der Waals surface area contributed by atoms with Gasteiger partial charge in [-0.25, -0.2) is 4.79 Å². The SMILES string of the molecule is CC(C)(C)C(OC(N)=O)[C@]1(c2cccc(Cl)c2)CC[C@H](NC(=O)CCCCCl)CC1. The Bertz CT molecular complexity index is 725. The number of hydrogen-bond donors (Lipinski definition) is 2. The number of unbranched alkanes of at least 4 members (excludes halogenated alkanes) is 1. The third kappa shape index (κ3) is 6.52. The normalized spacial score (nSPS) is 22.9. The van der Waals surface area contributed by atoms with Crippen LogP contribution >= 0.6 is 23.2 Å². The average molecular weight is 457 g/mol. The number of rotatable bonds is 8. The van der Waals surface area contributed by atoms with Gasteiger partial charge in [0, 0.05) is 28.8 Å². The van der Waals surface area contributed by atoms with Crippen LogP contribution in [0.15, 0.2) is 24.3 Å². The number of primary amides is 1. The summed E-state index contributed by atoms with van der Waals surface area (Å²) in [6, 6.07) is 7.87. The highest BCUT2D eigenvalue weighted by atomic mass is 35.5. The van der Waals surface area contributed by atoms with Gasteiger partial charge in [0.25, 0.3) is 0 Å². The summed E-state index contributed by atoms with van der Waals surface area (Å²) in [5, 5.41) is 3.80. The molecule has 7 heteroatoms. The smallest absolute Gasteiger partial charge is 0.404 e. The summed E-state index contributed by atoms with van der Waals surface area (Å²) in [4.78, 5) is 24.0. The lowest BCUT2D eigenvalue weighted by Crippen LogP contribution is -2.54. The zero-order valence-corrected chi connectivity index (χ0v) is 19.7. The van der Waals surface area contributed by atoms with E-state index in [1.54, 1.807) is 0 Å². The van der Waals surface area contributed by atoms with Crippen molar-refractivity contribution in [1.82, 2.24) is 5.32 Å². The van der Waals surface area contributed by atoms with Gasteiger partial charge in [0.05, 0.1) is 0 Å². The minimum atomic E-state index is -0.772. The van der Waals surface area contributed by atoms with E-state index in [0.29, 0.717) is 17.3 Å². The Labute approximate surface area is 190 Å². The number of hydrogen-bond acceptors (Lipinski definition) is 3. The third-order valence-electron chi connectivity index (χ3n) is 5.95. The molecule has 1 aliphatic rings. The molecule has 2 rings (SSSR count). The van der Waals surface area contributed by atoms with Gasteiger partial charge in [-0.05, 0) is 61.6 Å². The molecule has 0 radical (unpaired) electrons. The quantitative estimate of drug-likeness (QED) is 0.396. The van der Waals surface area contributed by atoms with E-state index in [9.17, 15) is 9.59 Å². The van der Waals surface area contributed by atoms with E-state index in [2.05, 4.69) is 26.1 Å². The van der Waals surface area contributed by atoms with Crippen LogP contribution in [0.2, 0.25) is 5.02 Å². The Kier molecular flexibility index (Phi) is 8.86. The van der Waals surface area contributed by atoms with Crippen molar-refractivity contribution >= 4 is 35.2 Å². The number of carbonyl (C=O) groups is 2. The van der Waals surface area contributed by atoms with Crippen LogP contribution in [0, 0.1) is 5.41 Å². The van der Waals surface area contributed by atoms with Crippen molar-refractivity contribution in [3.8, 4) is 0 Å². The second-order valence-electron chi connectivity index (χ2n) is 9.34. The Morgan fingerprint density at radius 3 is 2.47 bits per heavy atom. The molecular formula is C23H34Cl2N2O3. The zero-order valence-electron chi connectivity index (χ0n) is 18.2. The van der Waals surface area contributed by atoms with Gasteiger partial charge < -0.3 is 15.8 Å². The molecule has 1 unspecified atom stereocenters. The molecule has 3 N–H and O–H groups in total. The Morgan fingerprint density at radius 2 is 1.93 bits per heavy atom.